The van der Waals surface area contributed by atoms with Crippen molar-refractivity contribution in [2.24, 2.45) is 4.99 Å². The molecule has 0 bridgehead atoms. The number of aliphatic hydroxyl groups is 1. The van der Waals surface area contributed by atoms with Gasteiger partial charge in [-0.15, -0.1) is 24.0 Å². The fourth-order valence-electron chi connectivity index (χ4n) is 3.09. The topological polar surface area (TPSA) is 79.0 Å². The van der Waals surface area contributed by atoms with Crippen LogP contribution in [0.1, 0.15) is 37.5 Å². The first-order valence-corrected chi connectivity index (χ1v) is 9.10. The van der Waals surface area contributed by atoms with E-state index in [1.165, 1.54) is 5.56 Å². The van der Waals surface area contributed by atoms with Crippen LogP contribution >= 0.6 is 24.0 Å². The molecule has 3 rings (SSSR count). The Hall–Kier alpha value is -1.74. The number of para-hydroxylation sites is 1. The van der Waals surface area contributed by atoms with Gasteiger partial charge in [-0.3, -0.25) is 0 Å². The zero-order valence-corrected chi connectivity index (χ0v) is 18.1. The molecule has 0 aliphatic carbocycles. The van der Waals surface area contributed by atoms with E-state index in [0.717, 1.165) is 31.9 Å². The number of aliphatic imine (C=N–C) groups is 1. The van der Waals surface area contributed by atoms with Crippen LogP contribution in [0.25, 0.3) is 0 Å². The van der Waals surface area contributed by atoms with Gasteiger partial charge in [0.15, 0.2) is 5.96 Å². The van der Waals surface area contributed by atoms with Gasteiger partial charge in [-0.25, -0.2) is 4.99 Å². The summed E-state index contributed by atoms with van der Waals surface area (Å²) in [6, 6.07) is 11.7. The van der Waals surface area contributed by atoms with Gasteiger partial charge in [-0.05, 0) is 44.0 Å². The third-order valence-electron chi connectivity index (χ3n) is 4.54. The molecular formula is C20H28IN3O3. The molecule has 27 heavy (non-hydrogen) atoms. The Labute approximate surface area is 177 Å². The zero-order chi connectivity index (χ0) is 18.4. The Morgan fingerprint density at radius 1 is 1.26 bits per heavy atom. The van der Waals surface area contributed by atoms with Gasteiger partial charge in [-0.2, -0.15) is 0 Å². The van der Waals surface area contributed by atoms with Crippen LogP contribution in [0.15, 0.2) is 52.1 Å². The standard InChI is InChI=1S/C20H27N3O3.HI/c1-3-21-19(23-14-20(2,24)18-9-6-11-26-18)22-13-15-10-12-25-17-8-5-4-7-16(15)17;/h4-9,11,15,24H,3,10,12-14H2,1-2H3,(H2,21,22,23);1H. The number of rotatable bonds is 6. The molecule has 3 N–H and O–H groups in total. The first kappa shape index (κ1) is 21.6. The average Bonchev–Trinajstić information content (AvgIpc) is 3.20. The first-order valence-electron chi connectivity index (χ1n) is 9.10. The Bertz CT molecular complexity index is 732. The molecule has 1 aliphatic rings. The van der Waals surface area contributed by atoms with E-state index >= 15 is 0 Å². The Morgan fingerprint density at radius 2 is 2.07 bits per heavy atom. The smallest absolute Gasteiger partial charge is 0.191 e. The fraction of sp³-hybridized carbons (Fsp3) is 0.450. The van der Waals surface area contributed by atoms with Crippen LogP contribution < -0.4 is 15.4 Å². The van der Waals surface area contributed by atoms with Crippen LogP contribution in [0.2, 0.25) is 0 Å². The highest BCUT2D eigenvalue weighted by atomic mass is 127. The van der Waals surface area contributed by atoms with Gasteiger partial charge in [0.25, 0.3) is 0 Å². The molecule has 2 aromatic rings. The van der Waals surface area contributed by atoms with E-state index in [1.54, 1.807) is 25.3 Å². The Balaban J connectivity index is 0.00000261. The van der Waals surface area contributed by atoms with Gasteiger partial charge < -0.3 is 24.9 Å². The van der Waals surface area contributed by atoms with Crippen molar-refractivity contribution >= 4 is 29.9 Å². The quantitative estimate of drug-likeness (QED) is 0.333. The molecule has 1 aromatic carbocycles. The van der Waals surface area contributed by atoms with Crippen molar-refractivity contribution in [3.05, 3.63) is 54.0 Å². The largest absolute Gasteiger partial charge is 0.493 e. The minimum atomic E-state index is -1.14. The van der Waals surface area contributed by atoms with E-state index in [9.17, 15) is 5.11 Å². The third-order valence-corrected chi connectivity index (χ3v) is 4.54. The van der Waals surface area contributed by atoms with Crippen molar-refractivity contribution in [3.63, 3.8) is 0 Å². The van der Waals surface area contributed by atoms with Gasteiger partial charge in [-0.1, -0.05) is 18.2 Å². The molecule has 0 spiro atoms. The van der Waals surface area contributed by atoms with Crippen molar-refractivity contribution in [2.45, 2.75) is 31.8 Å². The number of ether oxygens (including phenoxy) is 1. The highest BCUT2D eigenvalue weighted by molar-refractivity contribution is 14.0. The van der Waals surface area contributed by atoms with Gasteiger partial charge in [0, 0.05) is 19.0 Å². The molecule has 7 heteroatoms. The van der Waals surface area contributed by atoms with E-state index in [0.29, 0.717) is 17.6 Å². The molecule has 148 valence electrons. The second-order valence-electron chi connectivity index (χ2n) is 6.70. The first-order chi connectivity index (χ1) is 12.6. The second-order valence-corrected chi connectivity index (χ2v) is 6.70. The summed E-state index contributed by atoms with van der Waals surface area (Å²) >= 11 is 0. The maximum Gasteiger partial charge on any atom is 0.191 e. The molecular weight excluding hydrogens is 457 g/mol. The van der Waals surface area contributed by atoms with Crippen LogP contribution in [0.5, 0.6) is 5.75 Å². The number of hydrogen-bond acceptors (Lipinski definition) is 4. The predicted octanol–water partition coefficient (Wildman–Crippen LogP) is 3.23. The van der Waals surface area contributed by atoms with Gasteiger partial charge >= 0.3 is 0 Å². The second kappa shape index (κ2) is 9.98. The summed E-state index contributed by atoms with van der Waals surface area (Å²) in [5.74, 6) is 2.53. The van der Waals surface area contributed by atoms with Crippen LogP contribution in [-0.2, 0) is 5.60 Å². The number of nitrogens with zero attached hydrogens (tertiary/aromatic N) is 1. The summed E-state index contributed by atoms with van der Waals surface area (Å²) in [5, 5.41) is 17.2. The molecule has 0 fully saturated rings. The zero-order valence-electron chi connectivity index (χ0n) is 15.8. The van der Waals surface area contributed by atoms with Gasteiger partial charge in [0.1, 0.15) is 17.1 Å². The summed E-state index contributed by atoms with van der Waals surface area (Å²) in [4.78, 5) is 4.53. The van der Waals surface area contributed by atoms with Crippen molar-refractivity contribution < 1.29 is 14.3 Å². The van der Waals surface area contributed by atoms with Gasteiger partial charge in [0.2, 0.25) is 0 Å². The summed E-state index contributed by atoms with van der Waals surface area (Å²) in [6.07, 6.45) is 2.52. The molecule has 2 unspecified atom stereocenters. The maximum atomic E-state index is 10.6. The van der Waals surface area contributed by atoms with E-state index in [2.05, 4.69) is 21.7 Å². The van der Waals surface area contributed by atoms with E-state index in [4.69, 9.17) is 9.15 Å². The molecule has 0 amide bonds. The molecule has 0 radical (unpaired) electrons. The number of hydrogen-bond donors (Lipinski definition) is 3. The molecule has 2 heterocycles. The lowest BCUT2D eigenvalue weighted by molar-refractivity contribution is 0.0437. The van der Waals surface area contributed by atoms with E-state index in [1.807, 2.05) is 25.1 Å². The molecule has 0 saturated carbocycles. The van der Waals surface area contributed by atoms with Crippen molar-refractivity contribution in [1.29, 1.82) is 0 Å². The number of guanidine groups is 1. The van der Waals surface area contributed by atoms with Crippen LogP contribution in [0, 0.1) is 0 Å². The molecule has 0 saturated heterocycles. The number of fused-ring (bicyclic) bond motifs is 1. The lowest BCUT2D eigenvalue weighted by Crippen LogP contribution is -2.41. The maximum absolute atomic E-state index is 10.6. The summed E-state index contributed by atoms with van der Waals surface area (Å²) < 4.78 is 11.0. The number of halogens is 1. The molecule has 2 atom stereocenters. The SMILES string of the molecule is CCNC(=NCC(C)(O)c1ccco1)NCC1CCOc2ccccc21.I. The summed E-state index contributed by atoms with van der Waals surface area (Å²) in [7, 11) is 0. The Kier molecular flexibility index (Phi) is 7.97. The Morgan fingerprint density at radius 3 is 2.81 bits per heavy atom. The molecule has 1 aliphatic heterocycles. The average molecular weight is 485 g/mol. The van der Waals surface area contributed by atoms with Crippen molar-refractivity contribution in [1.82, 2.24) is 10.6 Å². The minimum Gasteiger partial charge on any atom is -0.493 e. The summed E-state index contributed by atoms with van der Waals surface area (Å²) in [5.41, 5.74) is 0.0848. The number of nitrogens with one attached hydrogen (secondary N) is 2. The number of benzene rings is 1. The number of furan rings is 1. The normalized spacial score (nSPS) is 18.5. The monoisotopic (exact) mass is 485 g/mol. The van der Waals surface area contributed by atoms with Crippen LogP contribution in [0.3, 0.4) is 0 Å². The lowest BCUT2D eigenvalue weighted by atomic mass is 9.93. The molecule has 6 nitrogen and oxygen atoms in total. The van der Waals surface area contributed by atoms with E-state index in [-0.39, 0.29) is 30.5 Å². The van der Waals surface area contributed by atoms with Crippen LogP contribution in [-0.4, -0.2) is 37.3 Å². The highest BCUT2D eigenvalue weighted by Crippen LogP contribution is 2.32. The third kappa shape index (κ3) is 5.62. The summed E-state index contributed by atoms with van der Waals surface area (Å²) in [6.45, 7) is 6.16. The van der Waals surface area contributed by atoms with Crippen molar-refractivity contribution in [3.8, 4) is 5.75 Å². The van der Waals surface area contributed by atoms with Crippen molar-refractivity contribution in [2.75, 3.05) is 26.2 Å². The highest BCUT2D eigenvalue weighted by Gasteiger charge is 2.26. The fourth-order valence-corrected chi connectivity index (χ4v) is 3.09. The van der Waals surface area contributed by atoms with E-state index < -0.39 is 5.60 Å². The van der Waals surface area contributed by atoms with Gasteiger partial charge in [0.05, 0.1) is 19.4 Å². The minimum absolute atomic E-state index is 0. The van der Waals surface area contributed by atoms with Crippen LogP contribution in [0.4, 0.5) is 0 Å². The molecule has 1 aromatic heterocycles. The lowest BCUT2D eigenvalue weighted by Gasteiger charge is -2.27. The predicted molar refractivity (Wildman–Crippen MR) is 117 cm³/mol.